The molecule has 2 rings (SSSR count). The van der Waals surface area contributed by atoms with Crippen LogP contribution in [0.4, 0.5) is 10.1 Å². The van der Waals surface area contributed by atoms with Crippen molar-refractivity contribution in [3.8, 4) is 11.5 Å². The standard InChI is InChI=1S/C14H12FNO3/c1-19-12-4-2-3-11(15)13(12)14(18)16-9-5-7-10(17)8-6-9/h2-8,17H,1H3,(H,16,18). The summed E-state index contributed by atoms with van der Waals surface area (Å²) in [5.41, 5.74) is 0.297. The summed E-state index contributed by atoms with van der Waals surface area (Å²) in [6.07, 6.45) is 0. The molecule has 0 spiro atoms. The first kappa shape index (κ1) is 12.9. The van der Waals surface area contributed by atoms with Gasteiger partial charge in [0.05, 0.1) is 7.11 Å². The number of aromatic hydroxyl groups is 1. The molecule has 2 aromatic carbocycles. The number of hydrogen-bond donors (Lipinski definition) is 2. The normalized spacial score (nSPS) is 10.0. The van der Waals surface area contributed by atoms with Gasteiger partial charge >= 0.3 is 0 Å². The molecule has 0 heterocycles. The lowest BCUT2D eigenvalue weighted by Gasteiger charge is -2.10. The molecule has 0 fully saturated rings. The van der Waals surface area contributed by atoms with Gasteiger partial charge in [-0.2, -0.15) is 0 Å². The molecule has 0 aromatic heterocycles. The zero-order valence-corrected chi connectivity index (χ0v) is 10.2. The van der Waals surface area contributed by atoms with Gasteiger partial charge in [0, 0.05) is 5.69 Å². The Hall–Kier alpha value is -2.56. The van der Waals surface area contributed by atoms with Crippen LogP contribution in [0.5, 0.6) is 11.5 Å². The number of hydrogen-bond acceptors (Lipinski definition) is 3. The van der Waals surface area contributed by atoms with Gasteiger partial charge in [-0.1, -0.05) is 6.07 Å². The lowest BCUT2D eigenvalue weighted by Crippen LogP contribution is -2.15. The molecule has 5 heteroatoms. The highest BCUT2D eigenvalue weighted by Crippen LogP contribution is 2.23. The fourth-order valence-corrected chi connectivity index (χ4v) is 1.63. The van der Waals surface area contributed by atoms with E-state index in [4.69, 9.17) is 9.84 Å². The molecule has 0 radical (unpaired) electrons. The molecule has 0 saturated carbocycles. The molecule has 0 atom stereocenters. The van der Waals surface area contributed by atoms with E-state index in [1.165, 1.54) is 49.6 Å². The molecule has 0 unspecified atom stereocenters. The average molecular weight is 261 g/mol. The Kier molecular flexibility index (Phi) is 3.66. The number of ether oxygens (including phenoxy) is 1. The molecule has 0 aliphatic heterocycles. The van der Waals surface area contributed by atoms with E-state index in [1.54, 1.807) is 0 Å². The van der Waals surface area contributed by atoms with Crippen LogP contribution in [0, 0.1) is 5.82 Å². The van der Waals surface area contributed by atoms with E-state index >= 15 is 0 Å². The summed E-state index contributed by atoms with van der Waals surface area (Å²) in [6.45, 7) is 0. The SMILES string of the molecule is COc1cccc(F)c1C(=O)Nc1ccc(O)cc1. The van der Waals surface area contributed by atoms with Crippen LogP contribution in [0.2, 0.25) is 0 Å². The van der Waals surface area contributed by atoms with Gasteiger partial charge in [-0.25, -0.2) is 4.39 Å². The van der Waals surface area contributed by atoms with Crippen molar-refractivity contribution >= 4 is 11.6 Å². The number of halogens is 1. The Balaban J connectivity index is 2.27. The van der Waals surface area contributed by atoms with Gasteiger partial charge in [0.25, 0.3) is 5.91 Å². The van der Waals surface area contributed by atoms with Gasteiger partial charge in [-0.3, -0.25) is 4.79 Å². The van der Waals surface area contributed by atoms with Crippen molar-refractivity contribution in [1.82, 2.24) is 0 Å². The van der Waals surface area contributed by atoms with Crippen molar-refractivity contribution in [3.05, 3.63) is 53.8 Å². The van der Waals surface area contributed by atoms with Crippen LogP contribution in [-0.4, -0.2) is 18.1 Å². The number of benzene rings is 2. The van der Waals surface area contributed by atoms with Crippen molar-refractivity contribution in [3.63, 3.8) is 0 Å². The third-order valence-electron chi connectivity index (χ3n) is 2.55. The fraction of sp³-hybridized carbons (Fsp3) is 0.0714. The summed E-state index contributed by atoms with van der Waals surface area (Å²) in [5.74, 6) is -1.02. The second-order valence-electron chi connectivity index (χ2n) is 3.82. The van der Waals surface area contributed by atoms with Crippen molar-refractivity contribution in [1.29, 1.82) is 0 Å². The summed E-state index contributed by atoms with van der Waals surface area (Å²) in [5, 5.41) is 11.7. The molecule has 2 N–H and O–H groups in total. The predicted molar refractivity (Wildman–Crippen MR) is 69.0 cm³/mol. The van der Waals surface area contributed by atoms with Gasteiger partial charge in [0.2, 0.25) is 0 Å². The molecule has 0 aliphatic rings. The van der Waals surface area contributed by atoms with E-state index in [-0.39, 0.29) is 17.1 Å². The molecule has 4 nitrogen and oxygen atoms in total. The minimum atomic E-state index is -0.657. The quantitative estimate of drug-likeness (QED) is 0.835. The largest absolute Gasteiger partial charge is 0.508 e. The first-order chi connectivity index (χ1) is 9.11. The number of anilines is 1. The topological polar surface area (TPSA) is 58.6 Å². The van der Waals surface area contributed by atoms with Crippen LogP contribution in [0.15, 0.2) is 42.5 Å². The maximum Gasteiger partial charge on any atom is 0.262 e. The minimum absolute atomic E-state index is 0.0847. The molecule has 19 heavy (non-hydrogen) atoms. The van der Waals surface area contributed by atoms with Gasteiger partial charge in [-0.05, 0) is 36.4 Å². The van der Waals surface area contributed by atoms with Gasteiger partial charge in [0.15, 0.2) is 0 Å². The van der Waals surface area contributed by atoms with Crippen LogP contribution < -0.4 is 10.1 Å². The van der Waals surface area contributed by atoms with Crippen LogP contribution in [0.3, 0.4) is 0 Å². The predicted octanol–water partition coefficient (Wildman–Crippen LogP) is 2.79. The number of amides is 1. The first-order valence-electron chi connectivity index (χ1n) is 5.54. The summed E-state index contributed by atoms with van der Waals surface area (Å²) in [6, 6.07) is 10.0. The number of nitrogens with one attached hydrogen (secondary N) is 1. The Bertz CT molecular complexity index is 596. The van der Waals surface area contributed by atoms with E-state index in [1.807, 2.05) is 0 Å². The zero-order chi connectivity index (χ0) is 13.8. The van der Waals surface area contributed by atoms with E-state index in [0.717, 1.165) is 0 Å². The monoisotopic (exact) mass is 261 g/mol. The second-order valence-corrected chi connectivity index (χ2v) is 3.82. The minimum Gasteiger partial charge on any atom is -0.508 e. The van der Waals surface area contributed by atoms with Crippen molar-refractivity contribution in [2.75, 3.05) is 12.4 Å². The summed E-state index contributed by atoms with van der Waals surface area (Å²) < 4.78 is 18.6. The number of carbonyl (C=O) groups is 1. The number of rotatable bonds is 3. The van der Waals surface area contributed by atoms with Crippen LogP contribution >= 0.6 is 0 Å². The summed E-state index contributed by atoms with van der Waals surface area (Å²) >= 11 is 0. The molecule has 0 saturated heterocycles. The first-order valence-corrected chi connectivity index (χ1v) is 5.54. The Labute approximate surface area is 109 Å². The Morgan fingerprint density at radius 3 is 2.53 bits per heavy atom. The number of methoxy groups -OCH3 is 1. The molecule has 98 valence electrons. The van der Waals surface area contributed by atoms with E-state index in [0.29, 0.717) is 5.69 Å². The maximum atomic E-state index is 13.7. The van der Waals surface area contributed by atoms with Gasteiger partial charge < -0.3 is 15.2 Å². The Morgan fingerprint density at radius 2 is 1.89 bits per heavy atom. The van der Waals surface area contributed by atoms with Gasteiger partial charge in [-0.15, -0.1) is 0 Å². The molecule has 0 bridgehead atoms. The highest BCUT2D eigenvalue weighted by Gasteiger charge is 2.17. The highest BCUT2D eigenvalue weighted by molar-refractivity contribution is 6.06. The molecule has 0 aliphatic carbocycles. The molecule has 1 amide bonds. The zero-order valence-electron chi connectivity index (χ0n) is 10.2. The number of phenolic OH excluding ortho intramolecular Hbond substituents is 1. The fourth-order valence-electron chi connectivity index (χ4n) is 1.63. The van der Waals surface area contributed by atoms with Gasteiger partial charge in [0.1, 0.15) is 22.9 Å². The second kappa shape index (κ2) is 5.39. The van der Waals surface area contributed by atoms with Crippen LogP contribution in [0.1, 0.15) is 10.4 Å². The van der Waals surface area contributed by atoms with Crippen LogP contribution in [0.25, 0.3) is 0 Å². The third-order valence-corrected chi connectivity index (χ3v) is 2.55. The summed E-state index contributed by atoms with van der Waals surface area (Å²) in [7, 11) is 1.37. The van der Waals surface area contributed by atoms with Crippen LogP contribution in [-0.2, 0) is 0 Å². The van der Waals surface area contributed by atoms with E-state index in [2.05, 4.69) is 5.32 Å². The van der Waals surface area contributed by atoms with Crippen molar-refractivity contribution in [2.45, 2.75) is 0 Å². The average Bonchev–Trinajstić information content (AvgIpc) is 2.40. The Morgan fingerprint density at radius 1 is 1.21 bits per heavy atom. The highest BCUT2D eigenvalue weighted by atomic mass is 19.1. The maximum absolute atomic E-state index is 13.7. The third kappa shape index (κ3) is 2.82. The molecular formula is C14H12FNO3. The molecule has 2 aromatic rings. The lowest BCUT2D eigenvalue weighted by molar-refractivity contribution is 0.102. The van der Waals surface area contributed by atoms with Crippen molar-refractivity contribution in [2.24, 2.45) is 0 Å². The lowest BCUT2D eigenvalue weighted by atomic mass is 10.1. The molecular weight excluding hydrogens is 249 g/mol. The summed E-state index contributed by atoms with van der Waals surface area (Å²) in [4.78, 5) is 12.0. The number of carbonyl (C=O) groups excluding carboxylic acids is 1. The number of phenols is 1. The van der Waals surface area contributed by atoms with E-state index in [9.17, 15) is 9.18 Å². The van der Waals surface area contributed by atoms with Crippen molar-refractivity contribution < 1.29 is 19.0 Å². The smallest absolute Gasteiger partial charge is 0.262 e. The van der Waals surface area contributed by atoms with E-state index < -0.39 is 11.7 Å².